The van der Waals surface area contributed by atoms with Crippen molar-refractivity contribution < 1.29 is 14.3 Å². The van der Waals surface area contributed by atoms with Crippen molar-refractivity contribution in [3.8, 4) is 0 Å². The standard InChI is InChI=1S/C12H12BrClO3/c1-2-17-12(16)9-3-8(4-10(14)6-9)5-11(15)7-13/h3-4,6H,2,5,7H2,1H3. The van der Waals surface area contributed by atoms with Gasteiger partial charge in [-0.15, -0.1) is 0 Å². The van der Waals surface area contributed by atoms with E-state index in [2.05, 4.69) is 15.9 Å². The van der Waals surface area contributed by atoms with E-state index in [9.17, 15) is 9.59 Å². The number of ether oxygens (including phenoxy) is 1. The summed E-state index contributed by atoms with van der Waals surface area (Å²) in [5.74, 6) is -0.399. The van der Waals surface area contributed by atoms with Gasteiger partial charge in [-0.05, 0) is 30.7 Å². The molecule has 0 spiro atoms. The Labute approximate surface area is 113 Å². The number of Topliss-reactive ketones (excluding diaryl/α,β-unsaturated/α-hetero) is 1. The second kappa shape index (κ2) is 6.77. The van der Waals surface area contributed by atoms with Gasteiger partial charge in [0.15, 0.2) is 0 Å². The van der Waals surface area contributed by atoms with E-state index in [1.165, 1.54) is 6.07 Å². The molecule has 0 amide bonds. The minimum absolute atomic E-state index is 0.0297. The van der Waals surface area contributed by atoms with Crippen molar-refractivity contribution in [2.75, 3.05) is 11.9 Å². The molecule has 92 valence electrons. The molecular formula is C12H12BrClO3. The highest BCUT2D eigenvalue weighted by Gasteiger charge is 2.10. The number of carbonyl (C=O) groups excluding carboxylic acids is 2. The van der Waals surface area contributed by atoms with Crippen molar-refractivity contribution in [3.05, 3.63) is 34.3 Å². The first-order chi connectivity index (χ1) is 8.06. The molecule has 0 unspecified atom stereocenters. The van der Waals surface area contributed by atoms with E-state index in [1.54, 1.807) is 19.1 Å². The number of benzene rings is 1. The van der Waals surface area contributed by atoms with Gasteiger partial charge in [0.05, 0.1) is 17.5 Å². The molecule has 17 heavy (non-hydrogen) atoms. The molecule has 0 aliphatic carbocycles. The van der Waals surface area contributed by atoms with E-state index >= 15 is 0 Å². The highest BCUT2D eigenvalue weighted by Crippen LogP contribution is 2.17. The maximum atomic E-state index is 11.5. The van der Waals surface area contributed by atoms with Crippen molar-refractivity contribution in [2.24, 2.45) is 0 Å². The summed E-state index contributed by atoms with van der Waals surface area (Å²) in [6.07, 6.45) is 0.248. The van der Waals surface area contributed by atoms with Gasteiger partial charge in [0, 0.05) is 11.4 Å². The average Bonchev–Trinajstić information content (AvgIpc) is 2.28. The Morgan fingerprint density at radius 1 is 1.35 bits per heavy atom. The summed E-state index contributed by atoms with van der Waals surface area (Å²) >= 11 is 8.98. The van der Waals surface area contributed by atoms with Crippen molar-refractivity contribution >= 4 is 39.3 Å². The number of hydrogen-bond donors (Lipinski definition) is 0. The lowest BCUT2D eigenvalue weighted by Crippen LogP contribution is -2.08. The first-order valence-electron chi connectivity index (χ1n) is 5.11. The van der Waals surface area contributed by atoms with Crippen LogP contribution in [0.2, 0.25) is 5.02 Å². The average molecular weight is 320 g/mol. The van der Waals surface area contributed by atoms with E-state index in [-0.39, 0.29) is 17.5 Å². The number of esters is 1. The molecule has 0 aliphatic rings. The lowest BCUT2D eigenvalue weighted by Gasteiger charge is -2.05. The van der Waals surface area contributed by atoms with Crippen LogP contribution in [0.3, 0.4) is 0 Å². The van der Waals surface area contributed by atoms with Crippen LogP contribution in [0.4, 0.5) is 0 Å². The zero-order valence-corrected chi connectivity index (χ0v) is 11.7. The molecule has 0 saturated carbocycles. The summed E-state index contributed by atoms with van der Waals surface area (Å²) in [4.78, 5) is 22.8. The minimum Gasteiger partial charge on any atom is -0.462 e. The van der Waals surface area contributed by atoms with Gasteiger partial charge in [0.2, 0.25) is 0 Å². The minimum atomic E-state index is -0.428. The van der Waals surface area contributed by atoms with Gasteiger partial charge in [-0.2, -0.15) is 0 Å². The summed E-state index contributed by atoms with van der Waals surface area (Å²) in [6, 6.07) is 4.83. The number of rotatable bonds is 5. The van der Waals surface area contributed by atoms with Gasteiger partial charge in [0.1, 0.15) is 5.78 Å². The fourth-order valence-electron chi connectivity index (χ4n) is 1.36. The van der Waals surface area contributed by atoms with Crippen LogP contribution in [0, 0.1) is 0 Å². The maximum absolute atomic E-state index is 11.5. The van der Waals surface area contributed by atoms with E-state index in [1.807, 2.05) is 0 Å². The SMILES string of the molecule is CCOC(=O)c1cc(Cl)cc(CC(=O)CBr)c1. The van der Waals surface area contributed by atoms with Gasteiger partial charge < -0.3 is 4.74 Å². The Morgan fingerprint density at radius 3 is 2.65 bits per heavy atom. The summed E-state index contributed by atoms with van der Waals surface area (Å²) < 4.78 is 4.88. The fourth-order valence-corrected chi connectivity index (χ4v) is 1.82. The quantitative estimate of drug-likeness (QED) is 0.619. The second-order valence-electron chi connectivity index (χ2n) is 3.42. The Bertz CT molecular complexity index is 432. The zero-order chi connectivity index (χ0) is 12.8. The number of halogens is 2. The molecule has 3 nitrogen and oxygen atoms in total. The highest BCUT2D eigenvalue weighted by molar-refractivity contribution is 9.09. The van der Waals surface area contributed by atoms with E-state index in [4.69, 9.17) is 16.3 Å². The van der Waals surface area contributed by atoms with Crippen molar-refractivity contribution in [2.45, 2.75) is 13.3 Å². The monoisotopic (exact) mass is 318 g/mol. The molecule has 5 heteroatoms. The van der Waals surface area contributed by atoms with Crippen LogP contribution in [0.15, 0.2) is 18.2 Å². The first-order valence-corrected chi connectivity index (χ1v) is 6.61. The zero-order valence-electron chi connectivity index (χ0n) is 9.33. The molecule has 1 rings (SSSR count). The third kappa shape index (κ3) is 4.48. The van der Waals surface area contributed by atoms with Crippen molar-refractivity contribution in [1.82, 2.24) is 0 Å². The molecule has 0 heterocycles. The third-order valence-electron chi connectivity index (χ3n) is 2.02. The Kier molecular flexibility index (Phi) is 5.65. The van der Waals surface area contributed by atoms with Crippen LogP contribution in [-0.2, 0) is 16.0 Å². The van der Waals surface area contributed by atoms with E-state index in [0.717, 1.165) is 0 Å². The Hall–Kier alpha value is -0.870. The Morgan fingerprint density at radius 2 is 2.06 bits per heavy atom. The lowest BCUT2D eigenvalue weighted by atomic mass is 10.1. The largest absolute Gasteiger partial charge is 0.462 e. The van der Waals surface area contributed by atoms with Gasteiger partial charge in [0.25, 0.3) is 0 Å². The van der Waals surface area contributed by atoms with Crippen LogP contribution in [0.25, 0.3) is 0 Å². The molecule has 0 atom stereocenters. The molecule has 0 fully saturated rings. The first kappa shape index (κ1) is 14.2. The van der Waals surface area contributed by atoms with Crippen LogP contribution in [0.1, 0.15) is 22.8 Å². The van der Waals surface area contributed by atoms with Crippen LogP contribution in [0.5, 0.6) is 0 Å². The van der Waals surface area contributed by atoms with Crippen LogP contribution < -0.4 is 0 Å². The smallest absolute Gasteiger partial charge is 0.338 e. The topological polar surface area (TPSA) is 43.4 Å². The third-order valence-corrected chi connectivity index (χ3v) is 2.86. The summed E-state index contributed by atoms with van der Waals surface area (Å²) in [7, 11) is 0. The predicted octanol–water partition coefficient (Wildman–Crippen LogP) is 3.02. The Balaban J connectivity index is 2.93. The maximum Gasteiger partial charge on any atom is 0.338 e. The van der Waals surface area contributed by atoms with E-state index in [0.29, 0.717) is 22.8 Å². The molecular weight excluding hydrogens is 307 g/mol. The predicted molar refractivity (Wildman–Crippen MR) is 69.9 cm³/mol. The summed E-state index contributed by atoms with van der Waals surface area (Å²) in [5.41, 5.74) is 1.08. The summed E-state index contributed by atoms with van der Waals surface area (Å²) in [5, 5.41) is 0.710. The molecule has 0 radical (unpaired) electrons. The van der Waals surface area contributed by atoms with Gasteiger partial charge >= 0.3 is 5.97 Å². The number of carbonyl (C=O) groups is 2. The number of hydrogen-bond acceptors (Lipinski definition) is 3. The normalized spacial score (nSPS) is 10.1. The molecule has 0 N–H and O–H groups in total. The second-order valence-corrected chi connectivity index (χ2v) is 4.41. The molecule has 1 aromatic rings. The lowest BCUT2D eigenvalue weighted by molar-refractivity contribution is -0.115. The van der Waals surface area contributed by atoms with Gasteiger partial charge in [-0.1, -0.05) is 27.5 Å². The number of ketones is 1. The van der Waals surface area contributed by atoms with Gasteiger partial charge in [-0.3, -0.25) is 4.79 Å². The fraction of sp³-hybridized carbons (Fsp3) is 0.333. The molecule has 1 aromatic carbocycles. The summed E-state index contributed by atoms with van der Waals surface area (Å²) in [6.45, 7) is 2.04. The van der Waals surface area contributed by atoms with Crippen LogP contribution in [-0.4, -0.2) is 23.7 Å². The van der Waals surface area contributed by atoms with Crippen LogP contribution >= 0.6 is 27.5 Å². The number of alkyl halides is 1. The molecule has 0 aromatic heterocycles. The molecule has 0 aliphatic heterocycles. The van der Waals surface area contributed by atoms with Gasteiger partial charge in [-0.25, -0.2) is 4.79 Å². The molecule has 0 bridgehead atoms. The van der Waals surface area contributed by atoms with Crippen molar-refractivity contribution in [3.63, 3.8) is 0 Å². The van der Waals surface area contributed by atoms with Crippen molar-refractivity contribution in [1.29, 1.82) is 0 Å². The molecule has 0 saturated heterocycles. The highest BCUT2D eigenvalue weighted by atomic mass is 79.9. The van der Waals surface area contributed by atoms with E-state index < -0.39 is 5.97 Å².